The summed E-state index contributed by atoms with van der Waals surface area (Å²) in [7, 11) is 2.27. The second kappa shape index (κ2) is 7.42. The van der Waals surface area contributed by atoms with Gasteiger partial charge in [0.05, 0.1) is 0 Å². The molecule has 2 rings (SSSR count). The molecule has 21 heavy (non-hydrogen) atoms. The molecule has 0 heterocycles. The standard InChI is InChI=1S/C19H32N2/c1-14(2)12-16-8-10-17(11-9-16)15(3)21(4)19-7-5-6-18(19)13-20/h8-11,14-15,18-19H,5-7,12-13,20H2,1-4H3. The van der Waals surface area contributed by atoms with Gasteiger partial charge in [0.15, 0.2) is 0 Å². The summed E-state index contributed by atoms with van der Waals surface area (Å²) in [4.78, 5) is 2.54. The molecule has 2 heteroatoms. The van der Waals surface area contributed by atoms with E-state index in [2.05, 4.69) is 57.0 Å². The molecule has 3 atom stereocenters. The predicted octanol–water partition coefficient (Wildman–Crippen LogP) is 4.01. The fraction of sp³-hybridized carbons (Fsp3) is 0.684. The summed E-state index contributed by atoms with van der Waals surface area (Å²) < 4.78 is 0. The van der Waals surface area contributed by atoms with Crippen molar-refractivity contribution in [2.45, 2.75) is 58.5 Å². The third-order valence-electron chi connectivity index (χ3n) is 5.16. The second-order valence-corrected chi connectivity index (χ2v) is 7.18. The van der Waals surface area contributed by atoms with Crippen LogP contribution < -0.4 is 5.73 Å². The summed E-state index contributed by atoms with van der Waals surface area (Å²) in [5.41, 5.74) is 8.81. The fourth-order valence-corrected chi connectivity index (χ4v) is 3.75. The van der Waals surface area contributed by atoms with Crippen molar-refractivity contribution in [1.82, 2.24) is 4.90 Å². The molecule has 0 bridgehead atoms. The van der Waals surface area contributed by atoms with Gasteiger partial charge in [0.1, 0.15) is 0 Å². The summed E-state index contributed by atoms with van der Waals surface area (Å²) in [5.74, 6) is 1.40. The second-order valence-electron chi connectivity index (χ2n) is 7.18. The van der Waals surface area contributed by atoms with E-state index in [4.69, 9.17) is 5.73 Å². The molecule has 0 aliphatic heterocycles. The van der Waals surface area contributed by atoms with Gasteiger partial charge >= 0.3 is 0 Å². The van der Waals surface area contributed by atoms with Crippen molar-refractivity contribution in [1.29, 1.82) is 0 Å². The lowest BCUT2D eigenvalue weighted by molar-refractivity contribution is 0.152. The van der Waals surface area contributed by atoms with E-state index in [1.165, 1.54) is 36.8 Å². The lowest BCUT2D eigenvalue weighted by Gasteiger charge is -2.34. The number of benzene rings is 1. The molecule has 0 amide bonds. The maximum absolute atomic E-state index is 5.94. The van der Waals surface area contributed by atoms with Gasteiger partial charge in [-0.2, -0.15) is 0 Å². The molecule has 3 unspecified atom stereocenters. The van der Waals surface area contributed by atoms with Crippen LogP contribution >= 0.6 is 0 Å². The molecular formula is C19H32N2. The summed E-state index contributed by atoms with van der Waals surface area (Å²) >= 11 is 0. The van der Waals surface area contributed by atoms with Gasteiger partial charge in [0.2, 0.25) is 0 Å². The minimum atomic E-state index is 0.468. The molecule has 1 aliphatic rings. The Morgan fingerprint density at radius 3 is 2.38 bits per heavy atom. The molecule has 0 aromatic heterocycles. The van der Waals surface area contributed by atoms with Crippen LogP contribution in [-0.2, 0) is 6.42 Å². The highest BCUT2D eigenvalue weighted by Gasteiger charge is 2.31. The van der Waals surface area contributed by atoms with E-state index >= 15 is 0 Å². The van der Waals surface area contributed by atoms with Crippen LogP contribution in [0.15, 0.2) is 24.3 Å². The van der Waals surface area contributed by atoms with Gasteiger partial charge in [-0.3, -0.25) is 4.90 Å². The number of rotatable bonds is 6. The first kappa shape index (κ1) is 16.5. The van der Waals surface area contributed by atoms with Gasteiger partial charge in [-0.25, -0.2) is 0 Å². The maximum atomic E-state index is 5.94. The highest BCUT2D eigenvalue weighted by molar-refractivity contribution is 5.25. The third kappa shape index (κ3) is 4.08. The van der Waals surface area contributed by atoms with Crippen LogP contribution in [0.4, 0.5) is 0 Å². The summed E-state index contributed by atoms with van der Waals surface area (Å²) in [6, 6.07) is 10.3. The SMILES string of the molecule is CC(C)Cc1ccc(C(C)N(C)C2CCCC2CN)cc1. The third-order valence-corrected chi connectivity index (χ3v) is 5.16. The quantitative estimate of drug-likeness (QED) is 0.857. The van der Waals surface area contributed by atoms with E-state index in [0.29, 0.717) is 18.0 Å². The van der Waals surface area contributed by atoms with Crippen LogP contribution in [0, 0.1) is 11.8 Å². The lowest BCUT2D eigenvalue weighted by atomic mass is 9.97. The Hall–Kier alpha value is -0.860. The van der Waals surface area contributed by atoms with Gasteiger partial charge in [-0.15, -0.1) is 0 Å². The van der Waals surface area contributed by atoms with E-state index in [1.54, 1.807) is 0 Å². The number of nitrogens with two attached hydrogens (primary N) is 1. The monoisotopic (exact) mass is 288 g/mol. The first-order valence-electron chi connectivity index (χ1n) is 8.53. The summed E-state index contributed by atoms with van der Waals surface area (Å²) in [6.07, 6.45) is 5.10. The van der Waals surface area contributed by atoms with E-state index in [9.17, 15) is 0 Å². The minimum absolute atomic E-state index is 0.468. The molecule has 118 valence electrons. The van der Waals surface area contributed by atoms with Crippen LogP contribution in [-0.4, -0.2) is 24.5 Å². The van der Waals surface area contributed by atoms with Crippen LogP contribution in [0.5, 0.6) is 0 Å². The smallest absolute Gasteiger partial charge is 0.0319 e. The van der Waals surface area contributed by atoms with Crippen molar-refractivity contribution >= 4 is 0 Å². The molecule has 2 N–H and O–H groups in total. The van der Waals surface area contributed by atoms with Crippen LogP contribution in [0.1, 0.15) is 57.2 Å². The van der Waals surface area contributed by atoms with Crippen LogP contribution in [0.25, 0.3) is 0 Å². The first-order valence-corrected chi connectivity index (χ1v) is 8.53. The Morgan fingerprint density at radius 2 is 1.81 bits per heavy atom. The van der Waals surface area contributed by atoms with Gasteiger partial charge in [-0.1, -0.05) is 44.5 Å². The maximum Gasteiger partial charge on any atom is 0.0319 e. The number of hydrogen-bond acceptors (Lipinski definition) is 2. The Balaban J connectivity index is 2.03. The Kier molecular flexibility index (Phi) is 5.83. The van der Waals surface area contributed by atoms with Crippen molar-refractivity contribution in [3.05, 3.63) is 35.4 Å². The van der Waals surface area contributed by atoms with E-state index in [1.807, 2.05) is 0 Å². The Bertz CT molecular complexity index is 424. The predicted molar refractivity (Wildman–Crippen MR) is 91.3 cm³/mol. The molecule has 2 nitrogen and oxygen atoms in total. The molecule has 1 aliphatic carbocycles. The normalized spacial score (nSPS) is 24.0. The fourth-order valence-electron chi connectivity index (χ4n) is 3.75. The van der Waals surface area contributed by atoms with Crippen LogP contribution in [0.3, 0.4) is 0 Å². The van der Waals surface area contributed by atoms with Crippen molar-refractivity contribution in [3.63, 3.8) is 0 Å². The molecule has 0 saturated heterocycles. The number of nitrogens with zero attached hydrogens (tertiary/aromatic N) is 1. The van der Waals surface area contributed by atoms with Gasteiger partial charge in [-0.05, 0) is 62.7 Å². The van der Waals surface area contributed by atoms with Crippen molar-refractivity contribution in [2.75, 3.05) is 13.6 Å². The summed E-state index contributed by atoms with van der Waals surface area (Å²) in [5, 5.41) is 0. The highest BCUT2D eigenvalue weighted by Crippen LogP contribution is 2.33. The zero-order chi connectivity index (χ0) is 15.4. The van der Waals surface area contributed by atoms with Crippen LogP contribution in [0.2, 0.25) is 0 Å². The summed E-state index contributed by atoms with van der Waals surface area (Å²) in [6.45, 7) is 7.70. The molecule has 1 aromatic rings. The zero-order valence-corrected chi connectivity index (χ0v) is 14.2. The molecule has 1 saturated carbocycles. The van der Waals surface area contributed by atoms with E-state index in [-0.39, 0.29) is 0 Å². The van der Waals surface area contributed by atoms with E-state index in [0.717, 1.165) is 12.5 Å². The van der Waals surface area contributed by atoms with Gasteiger partial charge in [0.25, 0.3) is 0 Å². The van der Waals surface area contributed by atoms with Crippen molar-refractivity contribution in [2.24, 2.45) is 17.6 Å². The molecule has 0 spiro atoms. The topological polar surface area (TPSA) is 29.3 Å². The molecule has 1 fully saturated rings. The largest absolute Gasteiger partial charge is 0.330 e. The lowest BCUT2D eigenvalue weighted by Crippen LogP contribution is -2.39. The first-order chi connectivity index (χ1) is 10.0. The van der Waals surface area contributed by atoms with Crippen molar-refractivity contribution in [3.8, 4) is 0 Å². The molecular weight excluding hydrogens is 256 g/mol. The van der Waals surface area contributed by atoms with Gasteiger partial charge in [0, 0.05) is 12.1 Å². The van der Waals surface area contributed by atoms with Crippen molar-refractivity contribution < 1.29 is 0 Å². The minimum Gasteiger partial charge on any atom is -0.330 e. The molecule has 1 aromatic carbocycles. The average Bonchev–Trinajstić information content (AvgIpc) is 2.94. The highest BCUT2D eigenvalue weighted by atomic mass is 15.2. The average molecular weight is 288 g/mol. The molecule has 0 radical (unpaired) electrons. The zero-order valence-electron chi connectivity index (χ0n) is 14.2. The Morgan fingerprint density at radius 1 is 1.14 bits per heavy atom. The Labute approximate surface area is 130 Å². The van der Waals surface area contributed by atoms with E-state index < -0.39 is 0 Å². The van der Waals surface area contributed by atoms with Gasteiger partial charge < -0.3 is 5.73 Å². The number of hydrogen-bond donors (Lipinski definition) is 1.